The van der Waals surface area contributed by atoms with E-state index in [1.165, 1.54) is 0 Å². The molecule has 1 saturated carbocycles. The molecule has 1 aliphatic heterocycles. The number of benzene rings is 2. The molecule has 0 radical (unpaired) electrons. The summed E-state index contributed by atoms with van der Waals surface area (Å²) in [7, 11) is 3.81. The van der Waals surface area contributed by atoms with E-state index in [1.807, 2.05) is 49.3 Å². The molecule has 220 valence electrons. The molecule has 1 N–H and O–H groups in total. The molecule has 2 aliphatic rings. The lowest BCUT2D eigenvalue weighted by molar-refractivity contribution is -0.162. The summed E-state index contributed by atoms with van der Waals surface area (Å²) in [6, 6.07) is 11.4. The van der Waals surface area contributed by atoms with Crippen molar-refractivity contribution in [3.63, 3.8) is 0 Å². The van der Waals surface area contributed by atoms with Gasteiger partial charge in [-0.2, -0.15) is 26.3 Å². The van der Waals surface area contributed by atoms with Gasteiger partial charge in [-0.15, -0.1) is 5.10 Å². The van der Waals surface area contributed by atoms with Gasteiger partial charge in [0, 0.05) is 31.0 Å². The smallest absolute Gasteiger partial charge is 0.303 e. The number of aromatic nitrogens is 3. The molecule has 12 heteroatoms. The molecule has 1 saturated heterocycles. The number of carbonyl (C=O) groups excluding carboxylic acids is 1. The van der Waals surface area contributed by atoms with Crippen LogP contribution in [0.3, 0.4) is 0 Å². The van der Waals surface area contributed by atoms with Crippen LogP contribution in [0.2, 0.25) is 0 Å². The van der Waals surface area contributed by atoms with Crippen LogP contribution in [0.1, 0.15) is 71.3 Å². The van der Waals surface area contributed by atoms with E-state index in [0.717, 1.165) is 29.1 Å². The molecule has 1 spiro atoms. The average molecular weight is 580 g/mol. The minimum Gasteiger partial charge on any atom is -0.303 e. The predicted octanol–water partition coefficient (Wildman–Crippen LogP) is 6.37. The highest BCUT2D eigenvalue weighted by molar-refractivity contribution is 5.89. The van der Waals surface area contributed by atoms with Crippen molar-refractivity contribution in [1.82, 2.24) is 25.2 Å². The zero-order chi connectivity index (χ0) is 29.6. The lowest BCUT2D eigenvalue weighted by atomic mass is 9.67. The van der Waals surface area contributed by atoms with E-state index in [-0.39, 0.29) is 18.6 Å². The van der Waals surface area contributed by atoms with Gasteiger partial charge in [0.05, 0.1) is 16.8 Å². The highest BCUT2D eigenvalue weighted by atomic mass is 19.4. The second kappa shape index (κ2) is 10.9. The number of ketones is 1. The van der Waals surface area contributed by atoms with Crippen LogP contribution in [0.5, 0.6) is 0 Å². The van der Waals surface area contributed by atoms with E-state index in [9.17, 15) is 31.1 Å². The maximum atomic E-state index is 14.2. The Labute approximate surface area is 233 Å². The Morgan fingerprint density at radius 2 is 1.76 bits per heavy atom. The molecule has 3 atom stereocenters. The number of Topliss-reactive ketones (excluding diaryl/α,β-unsaturated/α-hetero) is 1. The Morgan fingerprint density at radius 3 is 2.41 bits per heavy atom. The first-order chi connectivity index (χ1) is 19.3. The van der Waals surface area contributed by atoms with Crippen molar-refractivity contribution >= 4 is 5.78 Å². The number of likely N-dealkylation sites (tertiary alicyclic amines) is 1. The van der Waals surface area contributed by atoms with Crippen LogP contribution in [0.4, 0.5) is 26.3 Å². The number of aromatic amines is 1. The number of rotatable bonds is 6. The summed E-state index contributed by atoms with van der Waals surface area (Å²) in [6.45, 7) is 1.54. The molecule has 2 aromatic carbocycles. The highest BCUT2D eigenvalue weighted by Crippen LogP contribution is 2.59. The van der Waals surface area contributed by atoms with E-state index in [4.69, 9.17) is 0 Å². The van der Waals surface area contributed by atoms with Crippen LogP contribution in [-0.2, 0) is 30.2 Å². The molecule has 2 heterocycles. The lowest BCUT2D eigenvalue weighted by Gasteiger charge is -2.48. The molecular formula is C29H31F6N5O. The van der Waals surface area contributed by atoms with Crippen molar-refractivity contribution in [2.45, 2.75) is 63.1 Å². The van der Waals surface area contributed by atoms with Gasteiger partial charge < -0.3 is 4.90 Å². The second-order valence-corrected chi connectivity index (χ2v) is 11.3. The zero-order valence-electron chi connectivity index (χ0n) is 22.7. The van der Waals surface area contributed by atoms with Crippen molar-refractivity contribution in [3.05, 3.63) is 82.2 Å². The number of piperidine rings is 1. The number of carbonyl (C=O) groups is 1. The van der Waals surface area contributed by atoms with Crippen LogP contribution in [0.25, 0.3) is 0 Å². The Morgan fingerprint density at radius 1 is 1.02 bits per heavy atom. The minimum atomic E-state index is -5.23. The van der Waals surface area contributed by atoms with Crippen LogP contribution in [0, 0.1) is 5.41 Å². The predicted molar refractivity (Wildman–Crippen MR) is 138 cm³/mol. The third-order valence-electron chi connectivity index (χ3n) is 8.33. The standard InChI is InChI=1S/C29H31F6N5O/c1-39(2)16-22-23(37-38-36-22)17-40-13-7-12-27(26(40)18-8-4-3-5-9-18)15-19(14-24(27)41)20-10-6-11-21(28(30,31)32)25(20)29(33,34)35/h3-6,8-11,19,26H,7,12-17H2,1-2H3,(H,36,37,38). The Kier molecular flexibility index (Phi) is 7.75. The first-order valence-corrected chi connectivity index (χ1v) is 13.4. The van der Waals surface area contributed by atoms with E-state index >= 15 is 0 Å². The number of halogens is 6. The first kappa shape index (κ1) is 29.2. The topological polar surface area (TPSA) is 65.1 Å². The second-order valence-electron chi connectivity index (χ2n) is 11.3. The molecule has 0 amide bonds. The number of nitrogens with zero attached hydrogens (tertiary/aromatic N) is 4. The summed E-state index contributed by atoms with van der Waals surface area (Å²) >= 11 is 0. The van der Waals surface area contributed by atoms with Crippen molar-refractivity contribution in [1.29, 1.82) is 0 Å². The maximum Gasteiger partial charge on any atom is 0.417 e. The molecule has 3 aromatic rings. The van der Waals surface area contributed by atoms with Crippen molar-refractivity contribution in [2.24, 2.45) is 5.41 Å². The van der Waals surface area contributed by atoms with Gasteiger partial charge in [0.15, 0.2) is 0 Å². The average Bonchev–Trinajstić information content (AvgIpc) is 3.46. The van der Waals surface area contributed by atoms with Gasteiger partial charge in [-0.25, -0.2) is 0 Å². The fraction of sp³-hybridized carbons (Fsp3) is 0.483. The van der Waals surface area contributed by atoms with E-state index in [1.54, 1.807) is 0 Å². The van der Waals surface area contributed by atoms with Crippen molar-refractivity contribution in [3.8, 4) is 0 Å². The minimum absolute atomic E-state index is 0.0259. The molecule has 0 bridgehead atoms. The fourth-order valence-electron chi connectivity index (χ4n) is 6.82. The number of H-pyrrole nitrogens is 1. The summed E-state index contributed by atoms with van der Waals surface area (Å²) in [4.78, 5) is 18.0. The van der Waals surface area contributed by atoms with Crippen LogP contribution < -0.4 is 0 Å². The van der Waals surface area contributed by atoms with Crippen LogP contribution in [0.15, 0.2) is 48.5 Å². The normalized spacial score (nSPS) is 24.1. The van der Waals surface area contributed by atoms with Gasteiger partial charge >= 0.3 is 12.4 Å². The summed E-state index contributed by atoms with van der Waals surface area (Å²) in [5.74, 6) is -1.21. The molecule has 1 aliphatic carbocycles. The van der Waals surface area contributed by atoms with Gasteiger partial charge in [-0.1, -0.05) is 47.7 Å². The fourth-order valence-corrected chi connectivity index (χ4v) is 6.82. The molecule has 5 rings (SSSR count). The molecule has 41 heavy (non-hydrogen) atoms. The Balaban J connectivity index is 1.57. The largest absolute Gasteiger partial charge is 0.417 e. The Bertz CT molecular complexity index is 1390. The van der Waals surface area contributed by atoms with E-state index in [0.29, 0.717) is 38.5 Å². The van der Waals surface area contributed by atoms with Crippen LogP contribution >= 0.6 is 0 Å². The van der Waals surface area contributed by atoms with Gasteiger partial charge in [-0.3, -0.25) is 14.8 Å². The third kappa shape index (κ3) is 5.63. The molecular weight excluding hydrogens is 548 g/mol. The lowest BCUT2D eigenvalue weighted by Crippen LogP contribution is -2.48. The van der Waals surface area contributed by atoms with Crippen LogP contribution in [-0.4, -0.2) is 51.6 Å². The Hall–Kier alpha value is -3.25. The highest BCUT2D eigenvalue weighted by Gasteiger charge is 2.57. The maximum absolute atomic E-state index is 14.2. The molecule has 3 unspecified atom stereocenters. The first-order valence-electron chi connectivity index (χ1n) is 13.4. The van der Waals surface area contributed by atoms with Crippen molar-refractivity contribution < 1.29 is 31.1 Å². The summed E-state index contributed by atoms with van der Waals surface area (Å²) < 4.78 is 83.6. The number of nitrogens with one attached hydrogen (secondary N) is 1. The molecule has 1 aromatic heterocycles. The number of hydrogen-bond donors (Lipinski definition) is 1. The zero-order valence-corrected chi connectivity index (χ0v) is 22.7. The van der Waals surface area contributed by atoms with E-state index in [2.05, 4.69) is 20.3 Å². The third-order valence-corrected chi connectivity index (χ3v) is 8.33. The summed E-state index contributed by atoms with van der Waals surface area (Å²) in [6.07, 6.45) is -9.59. The molecule has 6 nitrogen and oxygen atoms in total. The number of alkyl halides is 6. The van der Waals surface area contributed by atoms with Gasteiger partial charge in [0.25, 0.3) is 0 Å². The monoisotopic (exact) mass is 579 g/mol. The summed E-state index contributed by atoms with van der Waals surface area (Å²) in [5.41, 5.74) is -2.58. The van der Waals surface area contributed by atoms with Gasteiger partial charge in [-0.05, 0) is 63.0 Å². The van der Waals surface area contributed by atoms with Crippen molar-refractivity contribution in [2.75, 3.05) is 20.6 Å². The number of hydrogen-bond acceptors (Lipinski definition) is 5. The summed E-state index contributed by atoms with van der Waals surface area (Å²) in [5, 5.41) is 11.1. The molecule has 2 fully saturated rings. The SMILES string of the molecule is CN(C)Cc1nn[nH]c1CN1CCCC2(CC(c3cccc(C(F)(F)F)c3C(F)(F)F)CC2=O)C1c1ccccc1. The van der Waals surface area contributed by atoms with Gasteiger partial charge in [0.1, 0.15) is 11.5 Å². The van der Waals surface area contributed by atoms with E-state index < -0.39 is 46.4 Å². The van der Waals surface area contributed by atoms with Gasteiger partial charge in [0.2, 0.25) is 0 Å². The quantitative estimate of drug-likeness (QED) is 0.344.